The molecule has 0 fully saturated rings. The van der Waals surface area contributed by atoms with E-state index in [0.29, 0.717) is 5.69 Å². The summed E-state index contributed by atoms with van der Waals surface area (Å²) >= 11 is 0. The number of anilines is 2. The molecule has 0 aliphatic rings. The van der Waals surface area contributed by atoms with Crippen LogP contribution in [-0.2, 0) is 0 Å². The Bertz CT molecular complexity index is 716. The molecule has 0 spiro atoms. The molecule has 0 aliphatic carbocycles. The van der Waals surface area contributed by atoms with Gasteiger partial charge in [-0.05, 0) is 34.7 Å². The highest BCUT2D eigenvalue weighted by Crippen LogP contribution is 2.12. The average molecular weight is 271 g/mol. The van der Waals surface area contributed by atoms with Crippen LogP contribution in [0.15, 0.2) is 30.6 Å². The largest absolute Gasteiger partial charge is 0.366 e. The highest BCUT2D eigenvalue weighted by atomic mass is 16.2. The van der Waals surface area contributed by atoms with Gasteiger partial charge < -0.3 is 11.1 Å². The van der Waals surface area contributed by atoms with Crippen molar-refractivity contribution in [2.45, 2.75) is 0 Å². The predicted molar refractivity (Wildman–Crippen MR) is 67.9 cm³/mol. The van der Waals surface area contributed by atoms with E-state index in [0.717, 1.165) is 5.69 Å². The molecule has 3 rings (SSSR count). The van der Waals surface area contributed by atoms with Crippen molar-refractivity contribution in [3.05, 3.63) is 36.4 Å². The molecule has 20 heavy (non-hydrogen) atoms. The normalized spacial score (nSPS) is 10.4. The SMILES string of the molecule is Nc1n[nH]c(C(=O)Nc2ccc(-n3cnnn3)cc2)n1. The standard InChI is InChI=1S/C10H9N9O/c11-10-14-8(15-16-10)9(20)13-6-1-3-7(4-2-6)19-5-12-17-18-19/h1-5H,(H,13,20)(H3,11,14,15,16). The van der Waals surface area contributed by atoms with Gasteiger partial charge in [0.05, 0.1) is 5.69 Å². The highest BCUT2D eigenvalue weighted by molar-refractivity contribution is 6.01. The topological polar surface area (TPSA) is 140 Å². The first kappa shape index (κ1) is 11.8. The molecule has 0 unspecified atom stereocenters. The van der Waals surface area contributed by atoms with Gasteiger partial charge in [-0.1, -0.05) is 0 Å². The number of tetrazole rings is 1. The van der Waals surface area contributed by atoms with Crippen molar-refractivity contribution in [1.29, 1.82) is 0 Å². The van der Waals surface area contributed by atoms with E-state index in [1.54, 1.807) is 24.3 Å². The summed E-state index contributed by atoms with van der Waals surface area (Å²) in [7, 11) is 0. The number of nitrogens with one attached hydrogen (secondary N) is 2. The van der Waals surface area contributed by atoms with Gasteiger partial charge in [0.25, 0.3) is 5.91 Å². The molecule has 0 saturated carbocycles. The predicted octanol–water partition coefficient (Wildman–Crippen LogP) is -0.385. The van der Waals surface area contributed by atoms with Crippen molar-refractivity contribution in [3.8, 4) is 5.69 Å². The summed E-state index contributed by atoms with van der Waals surface area (Å²) in [4.78, 5) is 15.5. The lowest BCUT2D eigenvalue weighted by atomic mass is 10.3. The first-order valence-corrected chi connectivity index (χ1v) is 5.55. The van der Waals surface area contributed by atoms with Crippen LogP contribution in [0.5, 0.6) is 0 Å². The third kappa shape index (κ3) is 2.29. The number of aromatic nitrogens is 7. The minimum atomic E-state index is -0.427. The van der Waals surface area contributed by atoms with E-state index in [1.807, 2.05) is 0 Å². The highest BCUT2D eigenvalue weighted by Gasteiger charge is 2.10. The maximum atomic E-state index is 11.8. The van der Waals surface area contributed by atoms with Gasteiger partial charge in [0.1, 0.15) is 6.33 Å². The lowest BCUT2D eigenvalue weighted by molar-refractivity contribution is 0.101. The molecule has 0 atom stereocenters. The summed E-state index contributed by atoms with van der Waals surface area (Å²) in [5.74, 6) is -0.361. The van der Waals surface area contributed by atoms with Crippen LogP contribution in [0.1, 0.15) is 10.6 Å². The number of benzene rings is 1. The number of nitrogens with zero attached hydrogens (tertiary/aromatic N) is 6. The van der Waals surface area contributed by atoms with Crippen LogP contribution in [0.4, 0.5) is 11.6 Å². The van der Waals surface area contributed by atoms with E-state index >= 15 is 0 Å². The van der Waals surface area contributed by atoms with Crippen molar-refractivity contribution >= 4 is 17.5 Å². The molecule has 2 heterocycles. The number of nitrogen functional groups attached to an aromatic ring is 1. The molecule has 10 nitrogen and oxygen atoms in total. The molecule has 0 saturated heterocycles. The summed E-state index contributed by atoms with van der Waals surface area (Å²) in [5.41, 5.74) is 6.70. The Morgan fingerprint density at radius 2 is 2.10 bits per heavy atom. The summed E-state index contributed by atoms with van der Waals surface area (Å²) in [6, 6.07) is 6.96. The van der Waals surface area contributed by atoms with Gasteiger partial charge in [0, 0.05) is 5.69 Å². The zero-order valence-corrected chi connectivity index (χ0v) is 10.1. The fraction of sp³-hybridized carbons (Fsp3) is 0. The van der Waals surface area contributed by atoms with E-state index in [2.05, 4.69) is 36.0 Å². The molecule has 10 heteroatoms. The molecule has 2 aromatic heterocycles. The number of nitrogens with two attached hydrogens (primary N) is 1. The van der Waals surface area contributed by atoms with Gasteiger partial charge in [-0.15, -0.1) is 10.2 Å². The molecule has 100 valence electrons. The quantitative estimate of drug-likeness (QED) is 0.589. The molecule has 1 aromatic carbocycles. The Kier molecular flexibility index (Phi) is 2.80. The van der Waals surface area contributed by atoms with Gasteiger partial charge in [0.2, 0.25) is 11.8 Å². The monoisotopic (exact) mass is 271 g/mol. The van der Waals surface area contributed by atoms with E-state index in [1.165, 1.54) is 11.0 Å². The second-order valence-corrected chi connectivity index (χ2v) is 3.80. The number of H-pyrrole nitrogens is 1. The van der Waals surface area contributed by atoms with Crippen molar-refractivity contribution < 1.29 is 4.79 Å². The van der Waals surface area contributed by atoms with Crippen molar-refractivity contribution in [2.75, 3.05) is 11.1 Å². The Morgan fingerprint density at radius 1 is 1.30 bits per heavy atom. The van der Waals surface area contributed by atoms with Crippen LogP contribution in [-0.4, -0.2) is 41.3 Å². The maximum Gasteiger partial charge on any atom is 0.293 e. The number of carbonyl (C=O) groups is 1. The van der Waals surface area contributed by atoms with Gasteiger partial charge in [-0.3, -0.25) is 9.89 Å². The molecule has 0 bridgehead atoms. The molecule has 1 amide bonds. The molecule has 0 aliphatic heterocycles. The minimum absolute atomic E-state index is 0.0178. The fourth-order valence-corrected chi connectivity index (χ4v) is 1.54. The number of hydrogen-bond donors (Lipinski definition) is 3. The van der Waals surface area contributed by atoms with Crippen molar-refractivity contribution in [2.24, 2.45) is 0 Å². The van der Waals surface area contributed by atoms with Crippen LogP contribution >= 0.6 is 0 Å². The van der Waals surface area contributed by atoms with Crippen LogP contribution < -0.4 is 11.1 Å². The third-order valence-electron chi connectivity index (χ3n) is 2.46. The van der Waals surface area contributed by atoms with Crippen LogP contribution in [0.25, 0.3) is 5.69 Å². The first-order valence-electron chi connectivity index (χ1n) is 5.55. The van der Waals surface area contributed by atoms with E-state index in [-0.39, 0.29) is 11.8 Å². The number of amides is 1. The average Bonchev–Trinajstić information content (AvgIpc) is 3.10. The van der Waals surface area contributed by atoms with Gasteiger partial charge in [-0.25, -0.2) is 4.68 Å². The van der Waals surface area contributed by atoms with Gasteiger partial charge >= 0.3 is 0 Å². The maximum absolute atomic E-state index is 11.8. The molecule has 0 radical (unpaired) electrons. The second kappa shape index (κ2) is 4.76. The van der Waals surface area contributed by atoms with E-state index in [4.69, 9.17) is 5.73 Å². The van der Waals surface area contributed by atoms with Gasteiger partial charge in [-0.2, -0.15) is 4.98 Å². The molecular weight excluding hydrogens is 262 g/mol. The summed E-state index contributed by atoms with van der Waals surface area (Å²) < 4.78 is 1.50. The first-order chi connectivity index (χ1) is 9.72. The molecule has 3 aromatic rings. The lowest BCUT2D eigenvalue weighted by Crippen LogP contribution is -2.13. The Balaban J connectivity index is 1.74. The Hall–Kier alpha value is -3.30. The number of aromatic amines is 1. The smallest absolute Gasteiger partial charge is 0.293 e. The van der Waals surface area contributed by atoms with Crippen LogP contribution in [0.3, 0.4) is 0 Å². The minimum Gasteiger partial charge on any atom is -0.366 e. The number of hydrogen-bond acceptors (Lipinski definition) is 7. The molecule has 4 N–H and O–H groups in total. The summed E-state index contributed by atoms with van der Waals surface area (Å²) in [5, 5.41) is 19.5. The van der Waals surface area contributed by atoms with Crippen molar-refractivity contribution in [3.63, 3.8) is 0 Å². The zero-order valence-electron chi connectivity index (χ0n) is 10.1. The van der Waals surface area contributed by atoms with Gasteiger partial charge in [0.15, 0.2) is 0 Å². The Labute approximate surface area is 112 Å². The Morgan fingerprint density at radius 3 is 2.70 bits per heavy atom. The van der Waals surface area contributed by atoms with Crippen LogP contribution in [0, 0.1) is 0 Å². The zero-order chi connectivity index (χ0) is 13.9. The van der Waals surface area contributed by atoms with E-state index in [9.17, 15) is 4.79 Å². The second-order valence-electron chi connectivity index (χ2n) is 3.80. The number of rotatable bonds is 3. The molecular formula is C10H9N9O. The summed E-state index contributed by atoms with van der Waals surface area (Å²) in [6.45, 7) is 0. The number of carbonyl (C=O) groups excluding carboxylic acids is 1. The van der Waals surface area contributed by atoms with Crippen LogP contribution in [0.2, 0.25) is 0 Å². The lowest BCUT2D eigenvalue weighted by Gasteiger charge is -2.04. The fourth-order valence-electron chi connectivity index (χ4n) is 1.54. The summed E-state index contributed by atoms with van der Waals surface area (Å²) in [6.07, 6.45) is 1.48. The third-order valence-corrected chi connectivity index (χ3v) is 2.46. The van der Waals surface area contributed by atoms with E-state index < -0.39 is 5.91 Å². The van der Waals surface area contributed by atoms with Crippen molar-refractivity contribution in [1.82, 2.24) is 35.4 Å².